The molecule has 0 heterocycles. The van der Waals surface area contributed by atoms with Crippen LogP contribution < -0.4 is 0 Å². The van der Waals surface area contributed by atoms with E-state index in [0.717, 1.165) is 135 Å². The molecule has 0 bridgehead atoms. The van der Waals surface area contributed by atoms with Crippen LogP contribution in [0.4, 0.5) is 0 Å². The minimum absolute atomic E-state index is 0.0578. The monoisotopic (exact) mass is 1510 g/mol. The van der Waals surface area contributed by atoms with E-state index in [1.807, 2.05) is 0 Å². The molecule has 0 aliphatic heterocycles. The fourth-order valence-electron chi connectivity index (χ4n) is 11.8. The summed E-state index contributed by atoms with van der Waals surface area (Å²) in [5.74, 6) is -2.18. The van der Waals surface area contributed by atoms with Crippen molar-refractivity contribution >= 4 is 39.5 Å². The van der Waals surface area contributed by atoms with E-state index < -0.39 is 97.5 Å². The number of hydrogen-bond acceptors (Lipinski definition) is 15. The van der Waals surface area contributed by atoms with Crippen molar-refractivity contribution in [2.75, 3.05) is 39.6 Å². The van der Waals surface area contributed by atoms with Crippen molar-refractivity contribution in [2.45, 2.75) is 406 Å². The van der Waals surface area contributed by atoms with E-state index >= 15 is 0 Å². The predicted molar refractivity (Wildman–Crippen MR) is 427 cm³/mol. The molecule has 0 amide bonds. The molecule has 0 aromatic carbocycles. The van der Waals surface area contributed by atoms with Gasteiger partial charge in [0.2, 0.25) is 0 Å². The van der Waals surface area contributed by atoms with Crippen LogP contribution in [0, 0.1) is 0 Å². The molecule has 17 nitrogen and oxygen atoms in total. The van der Waals surface area contributed by atoms with E-state index in [9.17, 15) is 43.2 Å². The van der Waals surface area contributed by atoms with Crippen LogP contribution in [0.2, 0.25) is 0 Å². The zero-order valence-corrected chi connectivity index (χ0v) is 68.2. The van der Waals surface area contributed by atoms with Gasteiger partial charge in [-0.15, -0.1) is 0 Å². The maximum Gasteiger partial charge on any atom is 0.472 e. The van der Waals surface area contributed by atoms with E-state index in [1.54, 1.807) is 0 Å². The van der Waals surface area contributed by atoms with Crippen molar-refractivity contribution in [3.05, 3.63) is 72.9 Å². The van der Waals surface area contributed by atoms with Crippen LogP contribution >= 0.6 is 15.6 Å². The van der Waals surface area contributed by atoms with E-state index in [1.165, 1.54) is 173 Å². The lowest BCUT2D eigenvalue weighted by Gasteiger charge is -2.21. The zero-order chi connectivity index (χ0) is 76.0. The minimum Gasteiger partial charge on any atom is -0.462 e. The number of phosphoric acid groups is 2. The van der Waals surface area contributed by atoms with Gasteiger partial charge in [-0.25, -0.2) is 9.13 Å². The third-order valence-corrected chi connectivity index (χ3v) is 20.1. The summed E-state index contributed by atoms with van der Waals surface area (Å²) >= 11 is 0. The molecular formula is C85H154O17P2. The Hall–Kier alpha value is -3.50. The van der Waals surface area contributed by atoms with Gasteiger partial charge in [0.25, 0.3) is 0 Å². The average Bonchev–Trinajstić information content (AvgIpc) is 0.943. The Bertz CT molecular complexity index is 2250. The summed E-state index contributed by atoms with van der Waals surface area (Å²) in [7, 11) is -9.96. The Labute approximate surface area is 634 Å². The van der Waals surface area contributed by atoms with Gasteiger partial charge in [0.1, 0.15) is 19.3 Å². The van der Waals surface area contributed by atoms with Crippen LogP contribution in [0.1, 0.15) is 387 Å². The lowest BCUT2D eigenvalue weighted by atomic mass is 10.0. The Kier molecular flexibility index (Phi) is 75.0. The number of esters is 4. The lowest BCUT2D eigenvalue weighted by Crippen LogP contribution is -2.30. The second-order valence-electron chi connectivity index (χ2n) is 28.4. The molecule has 5 atom stereocenters. The van der Waals surface area contributed by atoms with Gasteiger partial charge in [-0.05, 0) is 96.3 Å². The molecule has 0 saturated carbocycles. The summed E-state index contributed by atoms with van der Waals surface area (Å²) < 4.78 is 68.8. The molecule has 0 aromatic rings. The highest BCUT2D eigenvalue weighted by molar-refractivity contribution is 7.47. The van der Waals surface area contributed by atoms with Gasteiger partial charge >= 0.3 is 39.5 Å². The summed E-state index contributed by atoms with van der Waals surface area (Å²) in [5, 5.41) is 10.7. The molecule has 0 spiro atoms. The highest BCUT2D eigenvalue weighted by Gasteiger charge is 2.30. The van der Waals surface area contributed by atoms with Crippen LogP contribution in [0.25, 0.3) is 0 Å². The number of ether oxygens (including phenoxy) is 4. The molecule has 2 unspecified atom stereocenters. The highest BCUT2D eigenvalue weighted by atomic mass is 31.2. The van der Waals surface area contributed by atoms with Crippen LogP contribution in [0.5, 0.6) is 0 Å². The number of carbonyl (C=O) groups excluding carboxylic acids is 4. The van der Waals surface area contributed by atoms with Crippen molar-refractivity contribution in [1.82, 2.24) is 0 Å². The maximum atomic E-state index is 13.1. The van der Waals surface area contributed by atoms with Gasteiger partial charge in [0.15, 0.2) is 12.2 Å². The van der Waals surface area contributed by atoms with Crippen LogP contribution in [-0.2, 0) is 65.4 Å². The fourth-order valence-corrected chi connectivity index (χ4v) is 13.4. The normalized spacial score (nSPS) is 14.2. The maximum absolute atomic E-state index is 13.1. The SMILES string of the molecule is CC/C=C\C/C=C\C/C=C\C/C=C\C/C=C\CCCCCC(=O)O[C@H](COC(=O)CCCCCCCCC/C=C\CCCCCC)COP(=O)(O)OC[C@@H](O)COP(=O)(O)OC[C@@H](COC(=O)CCCCCCCCCCCCCCCCC)OC(=O)CCCCCCCCCCCCCCCCC. The van der Waals surface area contributed by atoms with Crippen molar-refractivity contribution in [3.8, 4) is 0 Å². The van der Waals surface area contributed by atoms with Crippen LogP contribution in [0.3, 0.4) is 0 Å². The molecule has 606 valence electrons. The Morgan fingerprint density at radius 2 is 0.500 bits per heavy atom. The topological polar surface area (TPSA) is 237 Å². The fraction of sp³-hybridized carbons (Fsp3) is 0.812. The molecular weight excluding hydrogens is 1350 g/mol. The van der Waals surface area contributed by atoms with Crippen LogP contribution in [0.15, 0.2) is 72.9 Å². The van der Waals surface area contributed by atoms with Gasteiger partial charge in [-0.3, -0.25) is 37.3 Å². The molecule has 0 aromatic heterocycles. The molecule has 3 N–H and O–H groups in total. The van der Waals surface area contributed by atoms with Gasteiger partial charge in [-0.1, -0.05) is 338 Å². The van der Waals surface area contributed by atoms with Crippen LogP contribution in [-0.4, -0.2) is 96.7 Å². The first-order chi connectivity index (χ1) is 50.7. The molecule has 104 heavy (non-hydrogen) atoms. The van der Waals surface area contributed by atoms with Crippen molar-refractivity contribution in [3.63, 3.8) is 0 Å². The highest BCUT2D eigenvalue weighted by Crippen LogP contribution is 2.45. The Balaban J connectivity index is 5.36. The first-order valence-corrected chi connectivity index (χ1v) is 45.2. The molecule has 0 rings (SSSR count). The molecule has 0 saturated heterocycles. The van der Waals surface area contributed by atoms with Gasteiger partial charge in [0, 0.05) is 25.7 Å². The summed E-state index contributed by atoms with van der Waals surface area (Å²) in [6.07, 6.45) is 80.0. The number of allylic oxidation sites excluding steroid dienone is 12. The first kappa shape index (κ1) is 100. The average molecular weight is 1510 g/mol. The number of aliphatic hydroxyl groups is 1. The van der Waals surface area contributed by atoms with Gasteiger partial charge in [-0.2, -0.15) is 0 Å². The Morgan fingerprint density at radius 1 is 0.279 bits per heavy atom. The third kappa shape index (κ3) is 76.7. The number of phosphoric ester groups is 2. The van der Waals surface area contributed by atoms with Crippen molar-refractivity contribution in [2.24, 2.45) is 0 Å². The standard InChI is InChI=1S/C85H154O17P2/c1-5-9-13-17-21-25-29-33-37-38-39-40-44-48-52-56-60-64-68-72-85(90)102-81(76-96-83(88)70-66-62-58-54-50-46-42-35-31-27-23-19-15-11-7-3)78-100-104(93,94)98-74-79(86)73-97-103(91,92)99-77-80(101-84(89)71-67-63-59-55-51-47-43-36-32-28-24-20-16-12-8-4)75-95-82(87)69-65-61-57-53-49-45-41-34-30-26-22-18-14-10-6-2/h9,13,21,25,27,31,33,37,39-40,48,52,79-81,86H,5-8,10-12,14-20,22-24,26,28-30,32,34-36,38,41-47,49-51,53-78H2,1-4H3,(H,91,92)(H,93,94)/b13-9-,25-21-,31-27-,37-33-,40-39-,52-48-/t79-,80+,81+/m0/s1. The van der Waals surface area contributed by atoms with E-state index in [4.69, 9.17) is 37.0 Å². The molecule has 0 aliphatic rings. The number of unbranched alkanes of at least 4 members (excludes halogenated alkanes) is 42. The number of rotatable bonds is 80. The number of carbonyl (C=O) groups is 4. The quantitative estimate of drug-likeness (QED) is 0.0169. The van der Waals surface area contributed by atoms with E-state index in [2.05, 4.69) is 101 Å². The summed E-state index contributed by atoms with van der Waals surface area (Å²) in [6.45, 7) is 4.81. The van der Waals surface area contributed by atoms with E-state index in [0.29, 0.717) is 25.7 Å². The van der Waals surface area contributed by atoms with Crippen molar-refractivity contribution in [1.29, 1.82) is 0 Å². The Morgan fingerprint density at radius 3 is 0.798 bits per heavy atom. The minimum atomic E-state index is -4.98. The smallest absolute Gasteiger partial charge is 0.462 e. The van der Waals surface area contributed by atoms with Gasteiger partial charge in [0.05, 0.1) is 26.4 Å². The zero-order valence-electron chi connectivity index (χ0n) is 66.5. The number of hydrogen-bond donors (Lipinski definition) is 3. The van der Waals surface area contributed by atoms with Gasteiger partial charge < -0.3 is 33.8 Å². The number of aliphatic hydroxyl groups excluding tert-OH is 1. The third-order valence-electron chi connectivity index (χ3n) is 18.2. The molecule has 0 radical (unpaired) electrons. The molecule has 19 heteroatoms. The van der Waals surface area contributed by atoms with E-state index in [-0.39, 0.29) is 25.7 Å². The molecule has 0 aliphatic carbocycles. The summed E-state index contributed by atoms with van der Waals surface area (Å²) in [6, 6.07) is 0. The molecule has 0 fully saturated rings. The lowest BCUT2D eigenvalue weighted by molar-refractivity contribution is -0.161. The first-order valence-electron chi connectivity index (χ1n) is 42.2. The largest absolute Gasteiger partial charge is 0.472 e. The summed E-state index contributed by atoms with van der Waals surface area (Å²) in [4.78, 5) is 73.2. The summed E-state index contributed by atoms with van der Waals surface area (Å²) in [5.41, 5.74) is 0. The van der Waals surface area contributed by atoms with Crippen molar-refractivity contribution < 1.29 is 80.2 Å². The second kappa shape index (κ2) is 77.7. The second-order valence-corrected chi connectivity index (χ2v) is 31.3. The predicted octanol–water partition coefficient (Wildman–Crippen LogP) is 24.8.